The fourth-order valence-corrected chi connectivity index (χ4v) is 4.93. The molecule has 0 saturated carbocycles. The van der Waals surface area contributed by atoms with Crippen LogP contribution in [0.15, 0.2) is 69.9 Å². The van der Waals surface area contributed by atoms with Gasteiger partial charge in [-0.05, 0) is 24.7 Å². The molecule has 1 saturated heterocycles. The lowest BCUT2D eigenvalue weighted by Crippen LogP contribution is -2.47. The van der Waals surface area contributed by atoms with E-state index in [1.165, 1.54) is 18.2 Å². The monoisotopic (exact) mass is 516 g/mol. The van der Waals surface area contributed by atoms with Gasteiger partial charge >= 0.3 is 0 Å². The van der Waals surface area contributed by atoms with Crippen LogP contribution in [-0.4, -0.2) is 69.4 Å². The number of phenols is 4. The highest BCUT2D eigenvalue weighted by atomic mass is 16.3. The summed E-state index contributed by atoms with van der Waals surface area (Å²) in [5.74, 6) is -3.39. The number of phenolic OH excluding ortho intramolecular Hbond substituents is 4. The molecule has 1 fully saturated rings. The molecule has 1 atom stereocenters. The highest BCUT2D eigenvalue weighted by molar-refractivity contribution is 5.94. The third-order valence-electron chi connectivity index (χ3n) is 7.05. The Morgan fingerprint density at radius 2 is 1.61 bits per heavy atom. The molecule has 1 aliphatic heterocycles. The van der Waals surface area contributed by atoms with E-state index in [1.807, 2.05) is 13.1 Å². The number of carbonyl (C=O) groups excluding carboxylic acids is 1. The summed E-state index contributed by atoms with van der Waals surface area (Å²) in [6.45, 7) is 2.49. The van der Waals surface area contributed by atoms with Crippen LogP contribution in [-0.2, 0) is 4.79 Å². The molecule has 0 spiro atoms. The molecule has 0 aliphatic carbocycles. The summed E-state index contributed by atoms with van der Waals surface area (Å²) in [6.07, 6.45) is -0.140. The highest BCUT2D eigenvalue weighted by Gasteiger charge is 2.32. The van der Waals surface area contributed by atoms with Gasteiger partial charge in [0.2, 0.25) is 11.7 Å². The number of carbonyl (C=O) groups is 1. The topological polar surface area (TPSA) is 135 Å². The first-order valence-electron chi connectivity index (χ1n) is 12.3. The van der Waals surface area contributed by atoms with Gasteiger partial charge < -0.3 is 34.6 Å². The normalized spacial score (nSPS) is 15.0. The van der Waals surface area contributed by atoms with Gasteiger partial charge in [-0.25, -0.2) is 0 Å². The Kier molecular flexibility index (Phi) is 6.69. The van der Waals surface area contributed by atoms with Crippen LogP contribution >= 0.6 is 0 Å². The zero-order valence-electron chi connectivity index (χ0n) is 20.8. The van der Waals surface area contributed by atoms with Crippen molar-refractivity contribution in [3.05, 3.63) is 82.0 Å². The average Bonchev–Trinajstić information content (AvgIpc) is 2.91. The molecule has 0 unspecified atom stereocenters. The molecule has 3 aromatic carbocycles. The molecule has 2 heterocycles. The Labute approximate surface area is 218 Å². The maximum absolute atomic E-state index is 13.5. The molecular formula is C29H28N2O7. The predicted octanol–water partition coefficient (Wildman–Crippen LogP) is 3.58. The number of nitrogens with zero attached hydrogens (tertiary/aromatic N) is 2. The van der Waals surface area contributed by atoms with E-state index in [0.717, 1.165) is 0 Å². The number of aromatic hydroxyl groups is 4. The number of hydrogen-bond donors (Lipinski definition) is 4. The largest absolute Gasteiger partial charge is 0.508 e. The summed E-state index contributed by atoms with van der Waals surface area (Å²) in [5.41, 5.74) is 0.245. The van der Waals surface area contributed by atoms with Crippen molar-refractivity contribution in [2.75, 3.05) is 33.2 Å². The van der Waals surface area contributed by atoms with Gasteiger partial charge in [-0.3, -0.25) is 9.59 Å². The van der Waals surface area contributed by atoms with Gasteiger partial charge in [0.25, 0.3) is 0 Å². The molecule has 196 valence electrons. The molecule has 5 rings (SSSR count). The molecule has 38 heavy (non-hydrogen) atoms. The second-order valence-corrected chi connectivity index (χ2v) is 9.54. The van der Waals surface area contributed by atoms with Gasteiger partial charge in [-0.1, -0.05) is 42.5 Å². The van der Waals surface area contributed by atoms with E-state index in [1.54, 1.807) is 41.3 Å². The Morgan fingerprint density at radius 3 is 2.29 bits per heavy atom. The first-order valence-corrected chi connectivity index (χ1v) is 12.3. The van der Waals surface area contributed by atoms with E-state index in [-0.39, 0.29) is 40.4 Å². The lowest BCUT2D eigenvalue weighted by Gasteiger charge is -2.33. The number of likely N-dealkylation sites (N-methyl/N-ethyl adjacent to an activating group) is 1. The van der Waals surface area contributed by atoms with E-state index in [0.29, 0.717) is 37.3 Å². The fraction of sp³-hybridized carbons (Fsp3) is 0.241. The Hall–Kier alpha value is -4.50. The highest BCUT2D eigenvalue weighted by Crippen LogP contribution is 2.49. The molecule has 9 nitrogen and oxygen atoms in total. The van der Waals surface area contributed by atoms with Crippen molar-refractivity contribution in [3.8, 4) is 34.3 Å². The van der Waals surface area contributed by atoms with Crippen molar-refractivity contribution in [1.29, 1.82) is 0 Å². The Bertz CT molecular complexity index is 1560. The first kappa shape index (κ1) is 25.2. The molecule has 1 aliphatic rings. The molecule has 0 bridgehead atoms. The Morgan fingerprint density at radius 1 is 0.895 bits per heavy atom. The number of rotatable bonds is 5. The average molecular weight is 517 g/mol. The molecule has 1 aromatic heterocycles. The number of piperazine rings is 1. The van der Waals surface area contributed by atoms with E-state index in [4.69, 9.17) is 4.42 Å². The van der Waals surface area contributed by atoms with Crippen LogP contribution in [0, 0.1) is 0 Å². The Balaban J connectivity index is 1.73. The van der Waals surface area contributed by atoms with Crippen LogP contribution in [0.25, 0.3) is 22.3 Å². The fourth-order valence-electron chi connectivity index (χ4n) is 4.93. The molecule has 1 amide bonds. The maximum Gasteiger partial charge on any atom is 0.223 e. The standard InChI is InChI=1S/C29H28N2O7/c1-30-10-12-31(13-11-30)23(34)15-20(18-8-5-9-19(32)14-18)24-26(35)28(37)27(36)25-21(33)16-22(38-29(24)25)17-6-3-2-4-7-17/h2-9,14,16,20,32,35-37H,10-13,15H2,1H3/t20-/m0/s1. The molecule has 4 N–H and O–H groups in total. The molecule has 9 heteroatoms. The molecular weight excluding hydrogens is 488 g/mol. The van der Waals surface area contributed by atoms with E-state index in [2.05, 4.69) is 4.90 Å². The summed E-state index contributed by atoms with van der Waals surface area (Å²) in [5, 5.41) is 42.3. The smallest absolute Gasteiger partial charge is 0.223 e. The zero-order valence-corrected chi connectivity index (χ0v) is 20.8. The van der Waals surface area contributed by atoms with Crippen molar-refractivity contribution < 1.29 is 29.6 Å². The lowest BCUT2D eigenvalue weighted by molar-refractivity contribution is -0.133. The van der Waals surface area contributed by atoms with Gasteiger partial charge in [0.1, 0.15) is 22.5 Å². The first-order chi connectivity index (χ1) is 18.2. The third kappa shape index (κ3) is 4.64. The van der Waals surface area contributed by atoms with E-state index >= 15 is 0 Å². The van der Waals surface area contributed by atoms with Crippen LogP contribution in [0.5, 0.6) is 23.0 Å². The van der Waals surface area contributed by atoms with Crippen LogP contribution in [0.1, 0.15) is 23.5 Å². The van der Waals surface area contributed by atoms with Crippen LogP contribution in [0.4, 0.5) is 0 Å². The minimum Gasteiger partial charge on any atom is -0.508 e. The third-order valence-corrected chi connectivity index (χ3v) is 7.05. The van der Waals surface area contributed by atoms with Crippen molar-refractivity contribution in [2.45, 2.75) is 12.3 Å². The van der Waals surface area contributed by atoms with Gasteiger partial charge in [0.05, 0.1) is 0 Å². The van der Waals surface area contributed by atoms with Gasteiger partial charge in [0.15, 0.2) is 16.9 Å². The summed E-state index contributed by atoms with van der Waals surface area (Å²) < 4.78 is 6.13. The number of fused-ring (bicyclic) bond motifs is 1. The second-order valence-electron chi connectivity index (χ2n) is 9.54. The lowest BCUT2D eigenvalue weighted by atomic mass is 9.85. The quantitative estimate of drug-likeness (QED) is 0.296. The van der Waals surface area contributed by atoms with Crippen LogP contribution < -0.4 is 5.43 Å². The molecule has 4 aromatic rings. The number of amides is 1. The number of benzene rings is 3. The predicted molar refractivity (Wildman–Crippen MR) is 142 cm³/mol. The van der Waals surface area contributed by atoms with Crippen LogP contribution in [0.3, 0.4) is 0 Å². The SMILES string of the molecule is CN1CCN(C(=O)C[C@@H](c2cccc(O)c2)c2c(O)c(O)c(O)c3c(=O)cc(-c4ccccc4)oc23)CC1. The van der Waals surface area contributed by atoms with Gasteiger partial charge in [-0.15, -0.1) is 0 Å². The summed E-state index contributed by atoms with van der Waals surface area (Å²) in [7, 11) is 1.98. The zero-order chi connectivity index (χ0) is 27.0. The van der Waals surface area contributed by atoms with E-state index in [9.17, 15) is 30.0 Å². The summed E-state index contributed by atoms with van der Waals surface area (Å²) in [6, 6.07) is 16.3. The van der Waals surface area contributed by atoms with Crippen molar-refractivity contribution in [3.63, 3.8) is 0 Å². The van der Waals surface area contributed by atoms with Crippen LogP contribution in [0.2, 0.25) is 0 Å². The second kappa shape index (κ2) is 10.1. The minimum absolute atomic E-state index is 0.0294. The summed E-state index contributed by atoms with van der Waals surface area (Å²) >= 11 is 0. The van der Waals surface area contributed by atoms with Gasteiger partial charge in [0, 0.05) is 55.7 Å². The summed E-state index contributed by atoms with van der Waals surface area (Å²) in [4.78, 5) is 30.5. The van der Waals surface area contributed by atoms with Crippen molar-refractivity contribution in [2.24, 2.45) is 0 Å². The maximum atomic E-state index is 13.5. The van der Waals surface area contributed by atoms with E-state index < -0.39 is 28.6 Å². The van der Waals surface area contributed by atoms with Crippen molar-refractivity contribution >= 4 is 16.9 Å². The van der Waals surface area contributed by atoms with Gasteiger partial charge in [-0.2, -0.15) is 0 Å². The minimum atomic E-state index is -0.919. The van der Waals surface area contributed by atoms with Crippen molar-refractivity contribution in [1.82, 2.24) is 9.80 Å². The molecule has 0 radical (unpaired) electrons. The number of hydrogen-bond acceptors (Lipinski definition) is 8.